The minimum Gasteiger partial charge on any atom is -0.352 e. The molecule has 0 spiro atoms. The summed E-state index contributed by atoms with van der Waals surface area (Å²) in [6.07, 6.45) is 3.59. The number of imide groups is 1. The predicted octanol–water partition coefficient (Wildman–Crippen LogP) is 5.97. The third-order valence-corrected chi connectivity index (χ3v) is 9.43. The summed E-state index contributed by atoms with van der Waals surface area (Å²) in [5.74, 6) is 0.170. The van der Waals surface area contributed by atoms with E-state index >= 15 is 0 Å². The van der Waals surface area contributed by atoms with E-state index in [1.807, 2.05) is 19.5 Å². The molecule has 0 unspecified atom stereocenters. The highest BCUT2D eigenvalue weighted by Crippen LogP contribution is 2.37. The molecule has 0 aliphatic carbocycles. The lowest BCUT2D eigenvalue weighted by Gasteiger charge is -2.16. The number of aromatic nitrogens is 2. The molecular weight excluding hydrogens is 669 g/mol. The molecule has 9 nitrogen and oxygen atoms in total. The fourth-order valence-electron chi connectivity index (χ4n) is 3.81. The molecule has 0 atom stereocenters. The summed E-state index contributed by atoms with van der Waals surface area (Å²) in [6, 6.07) is 3.77. The molecular formula is C27H36BrCl2N7O2S2. The topological polar surface area (TPSA) is 93.7 Å². The van der Waals surface area contributed by atoms with Crippen molar-refractivity contribution in [2.45, 2.75) is 32.2 Å². The van der Waals surface area contributed by atoms with Crippen molar-refractivity contribution in [3.05, 3.63) is 48.0 Å². The number of carbonyl (C=O) groups excluding carboxylic acids is 2. The molecule has 0 bridgehead atoms. The lowest BCUT2D eigenvalue weighted by Crippen LogP contribution is -2.40. The van der Waals surface area contributed by atoms with E-state index in [-0.39, 0.29) is 18.5 Å². The Bertz CT molecular complexity index is 1350. The Morgan fingerprint density at radius 1 is 1.07 bits per heavy atom. The van der Waals surface area contributed by atoms with E-state index in [0.717, 1.165) is 55.2 Å². The molecule has 1 saturated heterocycles. The van der Waals surface area contributed by atoms with Crippen molar-refractivity contribution in [2.75, 3.05) is 59.7 Å². The molecule has 224 valence electrons. The number of hydrogen-bond donors (Lipinski definition) is 2. The normalized spacial score (nSPS) is 14.5. The summed E-state index contributed by atoms with van der Waals surface area (Å²) >= 11 is 18.9. The smallest absolute Gasteiger partial charge is 0.325 e. The highest BCUT2D eigenvalue weighted by molar-refractivity contribution is 9.10. The number of nitrogens with one attached hydrogen (secondary N) is 2. The largest absolute Gasteiger partial charge is 0.352 e. The van der Waals surface area contributed by atoms with Gasteiger partial charge in [-0.1, -0.05) is 23.2 Å². The zero-order valence-electron chi connectivity index (χ0n) is 24.1. The number of likely N-dealkylation sites (N-methyl/N-ethyl adjacent to an activating group) is 2. The highest BCUT2D eigenvalue weighted by atomic mass is 79.9. The molecule has 4 heterocycles. The van der Waals surface area contributed by atoms with Gasteiger partial charge in [0.05, 0.1) is 18.0 Å². The third-order valence-electron chi connectivity index (χ3n) is 6.15. The van der Waals surface area contributed by atoms with Gasteiger partial charge in [0.15, 0.2) is 0 Å². The Morgan fingerprint density at radius 2 is 1.73 bits per heavy atom. The van der Waals surface area contributed by atoms with E-state index in [2.05, 4.69) is 72.6 Å². The number of hydrogen-bond acceptors (Lipinski definition) is 9. The Balaban J connectivity index is 0.000000352. The summed E-state index contributed by atoms with van der Waals surface area (Å²) in [6.45, 7) is 5.91. The first-order valence-corrected chi connectivity index (χ1v) is 16.2. The van der Waals surface area contributed by atoms with Crippen molar-refractivity contribution in [2.24, 2.45) is 0 Å². The quantitative estimate of drug-likeness (QED) is 0.238. The SMILES string of the molecule is CN(C)CCc1cc(-c2nc(NCCN3C(=O)NC(C)(C)C3=O)ncc2Br)sc1Cl.CN(C)CCc1ccsc1Cl. The van der Waals surface area contributed by atoms with Crippen molar-refractivity contribution >= 4 is 79.7 Å². The van der Waals surface area contributed by atoms with Crippen LogP contribution >= 0.6 is 61.8 Å². The predicted molar refractivity (Wildman–Crippen MR) is 175 cm³/mol. The standard InChI is InChI=1S/C19H24BrClN6O2S.C8H12ClNS/c1-19(2)16(28)27(18(29)25-19)8-6-22-17-23-10-12(20)14(24-17)13-9-11(15(21)30-13)5-7-26(3)4;1-10(2)5-3-7-4-6-11-8(7)9/h9-10H,5-8H2,1-4H3,(H,25,29)(H,22,23,24);4,6H,3,5H2,1-2H3. The molecule has 4 rings (SSSR count). The molecule has 1 fully saturated rings. The van der Waals surface area contributed by atoms with E-state index in [1.165, 1.54) is 21.8 Å². The number of carbonyl (C=O) groups is 2. The summed E-state index contributed by atoms with van der Waals surface area (Å²) in [5.41, 5.74) is 2.23. The van der Waals surface area contributed by atoms with Crippen LogP contribution in [0.25, 0.3) is 10.6 Å². The number of halogens is 3. The summed E-state index contributed by atoms with van der Waals surface area (Å²) in [7, 11) is 8.20. The number of amides is 3. The van der Waals surface area contributed by atoms with Gasteiger partial charge in [-0.15, -0.1) is 22.7 Å². The van der Waals surface area contributed by atoms with Gasteiger partial charge in [-0.2, -0.15) is 0 Å². The Kier molecular flexibility index (Phi) is 12.4. The zero-order chi connectivity index (χ0) is 30.3. The van der Waals surface area contributed by atoms with E-state index in [9.17, 15) is 9.59 Å². The second-order valence-corrected chi connectivity index (χ2v) is 14.6. The second kappa shape index (κ2) is 15.1. The molecule has 0 radical (unpaired) electrons. The van der Waals surface area contributed by atoms with Crippen LogP contribution in [-0.4, -0.2) is 96.5 Å². The van der Waals surface area contributed by atoms with Crippen LogP contribution in [0.5, 0.6) is 0 Å². The van der Waals surface area contributed by atoms with Crippen LogP contribution in [0.1, 0.15) is 25.0 Å². The van der Waals surface area contributed by atoms with Gasteiger partial charge >= 0.3 is 6.03 Å². The lowest BCUT2D eigenvalue weighted by molar-refractivity contribution is -0.130. The fraction of sp³-hybridized carbons (Fsp3) is 0.481. The molecule has 41 heavy (non-hydrogen) atoms. The van der Waals surface area contributed by atoms with Gasteiger partial charge in [0.25, 0.3) is 5.91 Å². The van der Waals surface area contributed by atoms with Crippen LogP contribution in [0.2, 0.25) is 8.67 Å². The third kappa shape index (κ3) is 9.60. The van der Waals surface area contributed by atoms with Gasteiger partial charge in [-0.05, 0) is 99.4 Å². The van der Waals surface area contributed by atoms with E-state index < -0.39 is 5.54 Å². The van der Waals surface area contributed by atoms with Crippen LogP contribution in [0.3, 0.4) is 0 Å². The average Bonchev–Trinajstić information content (AvgIpc) is 3.53. The van der Waals surface area contributed by atoms with Crippen LogP contribution < -0.4 is 10.6 Å². The van der Waals surface area contributed by atoms with Crippen molar-refractivity contribution in [1.82, 2.24) is 30.0 Å². The maximum atomic E-state index is 12.3. The number of thiophene rings is 2. The Labute approximate surface area is 268 Å². The minimum atomic E-state index is -0.874. The maximum absolute atomic E-state index is 12.3. The van der Waals surface area contributed by atoms with Gasteiger partial charge in [0.1, 0.15) is 11.2 Å². The van der Waals surface area contributed by atoms with Gasteiger partial charge in [-0.3, -0.25) is 9.69 Å². The van der Waals surface area contributed by atoms with Gasteiger partial charge in [0.2, 0.25) is 5.95 Å². The molecule has 3 amide bonds. The molecule has 14 heteroatoms. The minimum absolute atomic E-state index is 0.225. The summed E-state index contributed by atoms with van der Waals surface area (Å²) in [5, 5.41) is 7.78. The Morgan fingerprint density at radius 3 is 2.29 bits per heavy atom. The van der Waals surface area contributed by atoms with E-state index in [1.54, 1.807) is 31.4 Å². The van der Waals surface area contributed by atoms with Crippen LogP contribution in [0.4, 0.5) is 10.7 Å². The van der Waals surface area contributed by atoms with E-state index in [4.69, 9.17) is 23.2 Å². The van der Waals surface area contributed by atoms with Crippen molar-refractivity contribution in [3.8, 4) is 10.6 Å². The van der Waals surface area contributed by atoms with Crippen LogP contribution in [0.15, 0.2) is 28.2 Å². The first-order valence-electron chi connectivity index (χ1n) is 13.0. The molecule has 1 aliphatic heterocycles. The molecule has 3 aromatic heterocycles. The molecule has 3 aromatic rings. The first kappa shape index (κ1) is 33.7. The lowest BCUT2D eigenvalue weighted by atomic mass is 10.1. The fourth-order valence-corrected chi connectivity index (χ4v) is 6.66. The first-order chi connectivity index (χ1) is 19.3. The maximum Gasteiger partial charge on any atom is 0.325 e. The van der Waals surface area contributed by atoms with Gasteiger partial charge in [-0.25, -0.2) is 14.8 Å². The highest BCUT2D eigenvalue weighted by Gasteiger charge is 2.43. The van der Waals surface area contributed by atoms with Crippen LogP contribution in [0, 0.1) is 0 Å². The zero-order valence-corrected chi connectivity index (χ0v) is 28.8. The molecule has 1 aliphatic rings. The average molecular weight is 706 g/mol. The van der Waals surface area contributed by atoms with E-state index in [0.29, 0.717) is 12.5 Å². The summed E-state index contributed by atoms with van der Waals surface area (Å²) < 4.78 is 2.46. The molecule has 0 aromatic carbocycles. The van der Waals surface area contributed by atoms with Crippen LogP contribution in [-0.2, 0) is 17.6 Å². The second-order valence-electron chi connectivity index (χ2n) is 10.6. The van der Waals surface area contributed by atoms with Crippen molar-refractivity contribution in [1.29, 1.82) is 0 Å². The van der Waals surface area contributed by atoms with Crippen molar-refractivity contribution < 1.29 is 9.59 Å². The molecule has 0 saturated carbocycles. The van der Waals surface area contributed by atoms with Crippen molar-refractivity contribution in [3.63, 3.8) is 0 Å². The summed E-state index contributed by atoms with van der Waals surface area (Å²) in [4.78, 5) is 39.5. The number of anilines is 1. The Hall–Kier alpha value is -1.80. The molecule has 2 N–H and O–H groups in total. The monoisotopic (exact) mass is 703 g/mol. The van der Waals surface area contributed by atoms with Gasteiger partial charge < -0.3 is 20.4 Å². The number of nitrogens with zero attached hydrogens (tertiary/aromatic N) is 5. The number of rotatable bonds is 11. The van der Waals surface area contributed by atoms with Gasteiger partial charge in [0, 0.05) is 32.4 Å². The number of urea groups is 1.